The summed E-state index contributed by atoms with van der Waals surface area (Å²) in [7, 11) is 0. The Hall–Kier alpha value is -2.77. The molecule has 0 saturated carbocycles. The van der Waals surface area contributed by atoms with Crippen LogP contribution in [0.4, 0.5) is 10.5 Å². The maximum absolute atomic E-state index is 11.3. The summed E-state index contributed by atoms with van der Waals surface area (Å²) in [6.07, 6.45) is -1.28. The summed E-state index contributed by atoms with van der Waals surface area (Å²) < 4.78 is 0. The van der Waals surface area contributed by atoms with Crippen molar-refractivity contribution in [1.82, 2.24) is 10.2 Å². The summed E-state index contributed by atoms with van der Waals surface area (Å²) in [6.45, 7) is 4.42. The standard InChI is InChI=1S/C16H21N3O5/c1-11(20)18-6-8-19(9-7-18)13-4-2-12(3-5-13)10-14(15(21)22)17-16(23)24/h2-5,14,17H,6-10H2,1H3,(H,21,22)(H,23,24). The number of carboxylic acid groups (broad SMARTS) is 2. The highest BCUT2D eigenvalue weighted by Gasteiger charge is 2.21. The third-order valence-electron chi connectivity index (χ3n) is 4.06. The second-order valence-corrected chi connectivity index (χ2v) is 5.70. The van der Waals surface area contributed by atoms with E-state index in [1.54, 1.807) is 24.0 Å². The molecule has 1 fully saturated rings. The van der Waals surface area contributed by atoms with Gasteiger partial charge in [-0.1, -0.05) is 12.1 Å². The zero-order valence-electron chi connectivity index (χ0n) is 13.4. The van der Waals surface area contributed by atoms with Crippen LogP contribution in [0.3, 0.4) is 0 Å². The first-order valence-electron chi connectivity index (χ1n) is 7.68. The Labute approximate surface area is 139 Å². The van der Waals surface area contributed by atoms with Gasteiger partial charge in [0.1, 0.15) is 6.04 Å². The zero-order valence-corrected chi connectivity index (χ0v) is 13.4. The predicted molar refractivity (Wildman–Crippen MR) is 87.2 cm³/mol. The van der Waals surface area contributed by atoms with Crippen molar-refractivity contribution in [3.63, 3.8) is 0 Å². The zero-order chi connectivity index (χ0) is 17.7. The van der Waals surface area contributed by atoms with E-state index < -0.39 is 18.1 Å². The molecule has 0 aliphatic carbocycles. The number of amides is 2. The van der Waals surface area contributed by atoms with Crippen LogP contribution in [-0.4, -0.2) is 65.3 Å². The molecular weight excluding hydrogens is 314 g/mol. The predicted octanol–water partition coefficient (Wildman–Crippen LogP) is 0.618. The molecule has 1 heterocycles. The second-order valence-electron chi connectivity index (χ2n) is 5.70. The Morgan fingerprint density at radius 3 is 2.12 bits per heavy atom. The van der Waals surface area contributed by atoms with Crippen molar-refractivity contribution in [2.45, 2.75) is 19.4 Å². The van der Waals surface area contributed by atoms with E-state index in [2.05, 4.69) is 4.90 Å². The van der Waals surface area contributed by atoms with Crippen LogP contribution in [0.5, 0.6) is 0 Å². The molecule has 2 rings (SSSR count). The van der Waals surface area contributed by atoms with Crippen LogP contribution in [0.1, 0.15) is 12.5 Å². The summed E-state index contributed by atoms with van der Waals surface area (Å²) in [5.41, 5.74) is 1.74. The lowest BCUT2D eigenvalue weighted by molar-refractivity contribution is -0.139. The van der Waals surface area contributed by atoms with Gasteiger partial charge in [-0.05, 0) is 17.7 Å². The Morgan fingerprint density at radius 1 is 1.08 bits per heavy atom. The van der Waals surface area contributed by atoms with Gasteiger partial charge in [-0.3, -0.25) is 4.79 Å². The first-order valence-corrected chi connectivity index (χ1v) is 7.68. The molecule has 2 amide bonds. The molecule has 1 atom stereocenters. The molecule has 130 valence electrons. The van der Waals surface area contributed by atoms with Gasteiger partial charge in [-0.15, -0.1) is 0 Å². The maximum Gasteiger partial charge on any atom is 0.405 e. The minimum atomic E-state index is -1.36. The molecule has 0 spiro atoms. The Balaban J connectivity index is 1.96. The van der Waals surface area contributed by atoms with Crippen LogP contribution in [0.15, 0.2) is 24.3 Å². The maximum atomic E-state index is 11.3. The minimum Gasteiger partial charge on any atom is -0.480 e. The fourth-order valence-corrected chi connectivity index (χ4v) is 2.71. The smallest absolute Gasteiger partial charge is 0.405 e. The number of anilines is 1. The lowest BCUT2D eigenvalue weighted by Crippen LogP contribution is -2.48. The number of hydrogen-bond acceptors (Lipinski definition) is 4. The third-order valence-corrected chi connectivity index (χ3v) is 4.06. The number of aliphatic carboxylic acids is 1. The molecule has 8 nitrogen and oxygen atoms in total. The van der Waals surface area contributed by atoms with E-state index in [-0.39, 0.29) is 12.3 Å². The van der Waals surface area contributed by atoms with Gasteiger partial charge in [-0.2, -0.15) is 0 Å². The van der Waals surface area contributed by atoms with Crippen molar-refractivity contribution in [3.8, 4) is 0 Å². The summed E-state index contributed by atoms with van der Waals surface area (Å²) in [4.78, 5) is 37.0. The molecular formula is C16H21N3O5. The number of nitrogens with zero attached hydrogens (tertiary/aromatic N) is 2. The number of hydrogen-bond donors (Lipinski definition) is 3. The number of piperazine rings is 1. The molecule has 8 heteroatoms. The number of benzene rings is 1. The average Bonchev–Trinajstić information content (AvgIpc) is 2.54. The summed E-state index contributed by atoms with van der Waals surface area (Å²) in [6, 6.07) is 6.20. The fraction of sp³-hybridized carbons (Fsp3) is 0.438. The van der Waals surface area contributed by atoms with Gasteiger partial charge < -0.3 is 25.3 Å². The van der Waals surface area contributed by atoms with Crippen molar-refractivity contribution < 1.29 is 24.6 Å². The number of carboxylic acids is 1. The SMILES string of the molecule is CC(=O)N1CCN(c2ccc(CC(NC(=O)O)C(=O)O)cc2)CC1. The van der Waals surface area contributed by atoms with Crippen LogP contribution in [0, 0.1) is 0 Å². The van der Waals surface area contributed by atoms with E-state index in [9.17, 15) is 14.4 Å². The summed E-state index contributed by atoms with van der Waals surface area (Å²) in [5, 5.41) is 19.7. The van der Waals surface area contributed by atoms with Crippen molar-refractivity contribution in [3.05, 3.63) is 29.8 Å². The Kier molecular flexibility index (Phi) is 5.62. The van der Waals surface area contributed by atoms with Gasteiger partial charge in [0.15, 0.2) is 0 Å². The van der Waals surface area contributed by atoms with Gasteiger partial charge in [0, 0.05) is 45.2 Å². The van der Waals surface area contributed by atoms with Gasteiger partial charge in [0.2, 0.25) is 5.91 Å². The van der Waals surface area contributed by atoms with Crippen molar-refractivity contribution in [2.24, 2.45) is 0 Å². The molecule has 1 aromatic rings. The summed E-state index contributed by atoms with van der Waals surface area (Å²) in [5.74, 6) is -1.13. The van der Waals surface area contributed by atoms with E-state index in [1.165, 1.54) is 0 Å². The highest BCUT2D eigenvalue weighted by molar-refractivity contribution is 5.79. The Bertz CT molecular complexity index is 609. The van der Waals surface area contributed by atoms with E-state index >= 15 is 0 Å². The number of carbonyl (C=O) groups is 3. The molecule has 3 N–H and O–H groups in total. The second kappa shape index (κ2) is 7.67. The van der Waals surface area contributed by atoms with E-state index in [0.29, 0.717) is 13.1 Å². The van der Waals surface area contributed by atoms with Crippen molar-refractivity contribution in [2.75, 3.05) is 31.1 Å². The number of nitrogens with one attached hydrogen (secondary N) is 1. The molecule has 0 radical (unpaired) electrons. The van der Waals surface area contributed by atoms with Crippen LogP contribution >= 0.6 is 0 Å². The molecule has 0 aromatic heterocycles. The summed E-state index contributed by atoms with van der Waals surface area (Å²) >= 11 is 0. The molecule has 1 aromatic carbocycles. The first-order chi connectivity index (χ1) is 11.4. The molecule has 1 aliphatic rings. The van der Waals surface area contributed by atoms with Crippen LogP contribution in [0.25, 0.3) is 0 Å². The van der Waals surface area contributed by atoms with Gasteiger partial charge in [0.25, 0.3) is 0 Å². The Morgan fingerprint density at radius 2 is 1.67 bits per heavy atom. The minimum absolute atomic E-state index is 0.0793. The number of rotatable bonds is 5. The van der Waals surface area contributed by atoms with E-state index in [0.717, 1.165) is 24.3 Å². The van der Waals surface area contributed by atoms with Gasteiger partial charge >= 0.3 is 12.1 Å². The van der Waals surface area contributed by atoms with E-state index in [1.807, 2.05) is 17.4 Å². The molecule has 1 aliphatic heterocycles. The first kappa shape index (κ1) is 17.6. The van der Waals surface area contributed by atoms with Gasteiger partial charge in [-0.25, -0.2) is 9.59 Å². The molecule has 1 unspecified atom stereocenters. The monoisotopic (exact) mass is 335 g/mol. The van der Waals surface area contributed by atoms with Crippen molar-refractivity contribution in [1.29, 1.82) is 0 Å². The highest BCUT2D eigenvalue weighted by atomic mass is 16.4. The van der Waals surface area contributed by atoms with Gasteiger partial charge in [0.05, 0.1) is 0 Å². The molecule has 1 saturated heterocycles. The lowest BCUT2D eigenvalue weighted by Gasteiger charge is -2.35. The molecule has 24 heavy (non-hydrogen) atoms. The largest absolute Gasteiger partial charge is 0.480 e. The van der Waals surface area contributed by atoms with E-state index in [4.69, 9.17) is 10.2 Å². The van der Waals surface area contributed by atoms with Crippen molar-refractivity contribution >= 4 is 23.7 Å². The normalized spacial score (nSPS) is 15.7. The average molecular weight is 335 g/mol. The number of carbonyl (C=O) groups excluding carboxylic acids is 1. The van der Waals surface area contributed by atoms with Crippen LogP contribution < -0.4 is 10.2 Å². The third kappa shape index (κ3) is 4.61. The highest BCUT2D eigenvalue weighted by Crippen LogP contribution is 2.18. The topological polar surface area (TPSA) is 110 Å². The van der Waals surface area contributed by atoms with Crippen LogP contribution in [-0.2, 0) is 16.0 Å². The lowest BCUT2D eigenvalue weighted by atomic mass is 10.1. The molecule has 0 bridgehead atoms. The quantitative estimate of drug-likeness (QED) is 0.727. The van der Waals surface area contributed by atoms with Crippen LogP contribution in [0.2, 0.25) is 0 Å². The fourth-order valence-electron chi connectivity index (χ4n) is 2.71.